The molecule has 3 nitrogen and oxygen atoms in total. The molecule has 170 valence electrons. The molecule has 0 amide bonds. The highest BCUT2D eigenvalue weighted by Crippen LogP contribution is 2.35. The Morgan fingerprint density at radius 2 is 1.77 bits per heavy atom. The van der Waals surface area contributed by atoms with Crippen molar-refractivity contribution in [1.29, 1.82) is 0 Å². The Morgan fingerprint density at radius 1 is 1.00 bits per heavy atom. The molecule has 0 radical (unpaired) electrons. The van der Waals surface area contributed by atoms with E-state index in [2.05, 4.69) is 67.7 Å². The zero-order valence-electron chi connectivity index (χ0n) is 19.4. The minimum atomic E-state index is -2.87. The molecule has 0 heterocycles. The number of nitrogens with one attached hydrogen (secondary N) is 1. The second kappa shape index (κ2) is 11.3. The van der Waals surface area contributed by atoms with Gasteiger partial charge in [-0.15, -0.1) is 0 Å². The van der Waals surface area contributed by atoms with Gasteiger partial charge in [-0.25, -0.2) is 8.42 Å². The van der Waals surface area contributed by atoms with Gasteiger partial charge in [-0.05, 0) is 67.2 Å². The second-order valence-electron chi connectivity index (χ2n) is 9.40. The van der Waals surface area contributed by atoms with E-state index in [1.165, 1.54) is 28.7 Å². The zero-order chi connectivity index (χ0) is 22.3. The van der Waals surface area contributed by atoms with E-state index >= 15 is 0 Å². The quantitative estimate of drug-likeness (QED) is 0.470. The van der Waals surface area contributed by atoms with Gasteiger partial charge in [0.05, 0.1) is 5.75 Å². The molecular formula is C27H39NO2S. The Kier molecular flexibility index (Phi) is 8.74. The van der Waals surface area contributed by atoms with Gasteiger partial charge in [0.1, 0.15) is 9.84 Å². The second-order valence-corrected chi connectivity index (χ2v) is 11.7. The fraction of sp³-hybridized carbons (Fsp3) is 0.556. The number of sulfone groups is 1. The van der Waals surface area contributed by atoms with Gasteiger partial charge in [0.25, 0.3) is 0 Å². The molecule has 31 heavy (non-hydrogen) atoms. The molecule has 3 rings (SSSR count). The van der Waals surface area contributed by atoms with Crippen molar-refractivity contribution in [3.05, 3.63) is 70.8 Å². The van der Waals surface area contributed by atoms with Crippen LogP contribution in [0.3, 0.4) is 0 Å². The van der Waals surface area contributed by atoms with E-state index in [0.29, 0.717) is 35.9 Å². The van der Waals surface area contributed by atoms with Crippen molar-refractivity contribution in [3.8, 4) is 0 Å². The summed E-state index contributed by atoms with van der Waals surface area (Å²) in [6, 6.07) is 18.8. The van der Waals surface area contributed by atoms with Crippen LogP contribution in [0.2, 0.25) is 0 Å². The van der Waals surface area contributed by atoms with Crippen LogP contribution >= 0.6 is 0 Å². The van der Waals surface area contributed by atoms with Gasteiger partial charge in [-0.1, -0.05) is 69.3 Å². The summed E-state index contributed by atoms with van der Waals surface area (Å²) in [6.07, 6.45) is 6.70. The van der Waals surface area contributed by atoms with Crippen molar-refractivity contribution in [2.24, 2.45) is 0 Å². The van der Waals surface area contributed by atoms with Crippen LogP contribution in [0.5, 0.6) is 0 Å². The lowest BCUT2D eigenvalue weighted by Gasteiger charge is -2.36. The number of benzene rings is 2. The fourth-order valence-electron chi connectivity index (χ4n) is 4.91. The molecule has 2 aromatic rings. The number of fused-ring (bicyclic) bond motifs is 1. The maximum atomic E-state index is 12.0. The third kappa shape index (κ3) is 7.18. The molecule has 0 saturated carbocycles. The summed E-state index contributed by atoms with van der Waals surface area (Å²) in [4.78, 5) is 0. The van der Waals surface area contributed by atoms with Crippen LogP contribution in [-0.4, -0.2) is 32.0 Å². The molecule has 2 aromatic carbocycles. The zero-order valence-corrected chi connectivity index (χ0v) is 20.3. The fourth-order valence-corrected chi connectivity index (χ4v) is 6.38. The number of unbranched alkanes of at least 4 members (excludes halogenated alkanes) is 1. The smallest absolute Gasteiger partial charge is 0.150 e. The Balaban J connectivity index is 1.73. The predicted octanol–water partition coefficient (Wildman–Crippen LogP) is 5.47. The molecule has 4 heteroatoms. The SMILES string of the molecule is CCCS(=O)(=O)CCCCc1ccc2c(c1)C(Cc1ccccc1)C(NC(C)C)CC2. The summed E-state index contributed by atoms with van der Waals surface area (Å²) in [5.41, 5.74) is 5.71. The van der Waals surface area contributed by atoms with Crippen LogP contribution < -0.4 is 5.32 Å². The van der Waals surface area contributed by atoms with Crippen molar-refractivity contribution in [2.75, 3.05) is 11.5 Å². The van der Waals surface area contributed by atoms with Crippen molar-refractivity contribution in [1.82, 2.24) is 5.32 Å². The first kappa shape index (κ1) is 24.0. The highest BCUT2D eigenvalue weighted by Gasteiger charge is 2.30. The Bertz CT molecular complexity index is 922. The topological polar surface area (TPSA) is 46.2 Å². The lowest BCUT2D eigenvalue weighted by Crippen LogP contribution is -2.42. The Hall–Kier alpha value is -1.65. The predicted molar refractivity (Wildman–Crippen MR) is 132 cm³/mol. The molecule has 0 saturated heterocycles. The standard InChI is InChI=1S/C27H39NO2S/c1-4-17-31(29,30)18-9-8-12-23-13-14-24-15-16-27(28-21(2)3)26(25(24)19-23)20-22-10-6-5-7-11-22/h5-7,10-11,13-14,19,21,26-28H,4,8-9,12,15-18,20H2,1-3H3. The van der Waals surface area contributed by atoms with E-state index in [1.54, 1.807) is 0 Å². The largest absolute Gasteiger partial charge is 0.311 e. The number of rotatable bonds is 11. The van der Waals surface area contributed by atoms with Crippen LogP contribution in [0.25, 0.3) is 0 Å². The van der Waals surface area contributed by atoms with Crippen LogP contribution in [0.15, 0.2) is 48.5 Å². The first-order valence-corrected chi connectivity index (χ1v) is 13.8. The van der Waals surface area contributed by atoms with Crippen LogP contribution in [-0.2, 0) is 29.1 Å². The molecule has 1 aliphatic carbocycles. The van der Waals surface area contributed by atoms with Crippen molar-refractivity contribution in [2.45, 2.75) is 83.7 Å². The average Bonchev–Trinajstić information content (AvgIpc) is 2.73. The van der Waals surface area contributed by atoms with Gasteiger partial charge in [0, 0.05) is 23.8 Å². The minimum absolute atomic E-state index is 0.317. The summed E-state index contributed by atoms with van der Waals surface area (Å²) in [5, 5.41) is 3.83. The van der Waals surface area contributed by atoms with E-state index < -0.39 is 9.84 Å². The minimum Gasteiger partial charge on any atom is -0.311 e. The Labute approximate surface area is 189 Å². The number of aryl methyl sites for hydroxylation is 2. The molecular weight excluding hydrogens is 402 g/mol. The van der Waals surface area contributed by atoms with Crippen molar-refractivity contribution >= 4 is 9.84 Å². The first-order valence-electron chi connectivity index (χ1n) is 12.0. The molecule has 0 aliphatic heterocycles. The average molecular weight is 442 g/mol. The van der Waals surface area contributed by atoms with Gasteiger partial charge in [0.15, 0.2) is 0 Å². The first-order chi connectivity index (χ1) is 14.9. The molecule has 2 atom stereocenters. The third-order valence-corrected chi connectivity index (χ3v) is 8.29. The van der Waals surface area contributed by atoms with Crippen molar-refractivity contribution < 1.29 is 8.42 Å². The lowest BCUT2D eigenvalue weighted by molar-refractivity contribution is 0.359. The summed E-state index contributed by atoms with van der Waals surface area (Å²) in [5.74, 6) is 1.11. The van der Waals surface area contributed by atoms with Crippen LogP contribution in [0.4, 0.5) is 0 Å². The molecule has 2 unspecified atom stereocenters. The monoisotopic (exact) mass is 441 g/mol. The normalized spacial score (nSPS) is 18.8. The summed E-state index contributed by atoms with van der Waals surface area (Å²) in [7, 11) is -2.87. The van der Waals surface area contributed by atoms with Crippen LogP contribution in [0, 0.1) is 0 Å². The molecule has 0 spiro atoms. The summed E-state index contributed by atoms with van der Waals surface area (Å²) < 4.78 is 23.9. The Morgan fingerprint density at radius 3 is 2.48 bits per heavy atom. The van der Waals surface area contributed by atoms with E-state index in [1.807, 2.05) is 6.92 Å². The molecule has 0 bridgehead atoms. The van der Waals surface area contributed by atoms with Gasteiger partial charge < -0.3 is 5.32 Å². The van der Waals surface area contributed by atoms with E-state index in [9.17, 15) is 8.42 Å². The van der Waals surface area contributed by atoms with Gasteiger partial charge in [-0.2, -0.15) is 0 Å². The van der Waals surface area contributed by atoms with Gasteiger partial charge in [0.2, 0.25) is 0 Å². The maximum absolute atomic E-state index is 12.0. The molecule has 1 N–H and O–H groups in total. The van der Waals surface area contributed by atoms with E-state index in [-0.39, 0.29) is 0 Å². The van der Waals surface area contributed by atoms with Crippen LogP contribution in [0.1, 0.15) is 74.6 Å². The maximum Gasteiger partial charge on any atom is 0.150 e. The number of hydrogen-bond donors (Lipinski definition) is 1. The summed E-state index contributed by atoms with van der Waals surface area (Å²) >= 11 is 0. The van der Waals surface area contributed by atoms with Gasteiger partial charge >= 0.3 is 0 Å². The number of hydrogen-bond acceptors (Lipinski definition) is 3. The summed E-state index contributed by atoms with van der Waals surface area (Å²) in [6.45, 7) is 6.40. The molecule has 1 aliphatic rings. The van der Waals surface area contributed by atoms with E-state index in [0.717, 1.165) is 32.1 Å². The van der Waals surface area contributed by atoms with Gasteiger partial charge in [-0.3, -0.25) is 0 Å². The van der Waals surface area contributed by atoms with Crippen molar-refractivity contribution in [3.63, 3.8) is 0 Å². The lowest BCUT2D eigenvalue weighted by atomic mass is 9.75. The molecule has 0 fully saturated rings. The van der Waals surface area contributed by atoms with E-state index in [4.69, 9.17) is 0 Å². The third-order valence-electron chi connectivity index (χ3n) is 6.35. The molecule has 0 aromatic heterocycles. The highest BCUT2D eigenvalue weighted by atomic mass is 32.2. The highest BCUT2D eigenvalue weighted by molar-refractivity contribution is 7.91.